The third kappa shape index (κ3) is 3.82. The summed E-state index contributed by atoms with van der Waals surface area (Å²) in [5.74, 6) is 0.354. The maximum Gasteiger partial charge on any atom is 0.223 e. The van der Waals surface area contributed by atoms with Gasteiger partial charge in [0.1, 0.15) is 5.60 Å². The minimum Gasteiger partial charge on any atom is -0.383 e. The Bertz CT molecular complexity index is 373. The van der Waals surface area contributed by atoms with E-state index in [4.69, 9.17) is 0 Å². The number of amides is 1. The Labute approximate surface area is 113 Å². The van der Waals surface area contributed by atoms with Gasteiger partial charge in [0.05, 0.1) is 6.54 Å². The molecule has 2 N–H and O–H groups in total. The normalized spacial score (nSPS) is 17.8. The Balaban J connectivity index is 2.52. The average Bonchev–Trinajstić information content (AvgIpc) is 2.88. The predicted molar refractivity (Wildman–Crippen MR) is 75.5 cm³/mol. The summed E-state index contributed by atoms with van der Waals surface area (Å²) in [5, 5.41) is 15.1. The number of nitrogens with one attached hydrogen (secondary N) is 1. The zero-order valence-corrected chi connectivity index (χ0v) is 12.4. The summed E-state index contributed by atoms with van der Waals surface area (Å²) in [6.07, 6.45) is 0.982. The smallest absolute Gasteiger partial charge is 0.223 e. The molecule has 3 unspecified atom stereocenters. The molecule has 102 valence electrons. The van der Waals surface area contributed by atoms with E-state index in [2.05, 4.69) is 19.2 Å². The molecule has 1 rings (SSSR count). The van der Waals surface area contributed by atoms with E-state index in [9.17, 15) is 9.90 Å². The molecule has 18 heavy (non-hydrogen) atoms. The van der Waals surface area contributed by atoms with E-state index >= 15 is 0 Å². The molecule has 1 amide bonds. The first-order valence-electron chi connectivity index (χ1n) is 6.42. The molecule has 0 aliphatic rings. The van der Waals surface area contributed by atoms with Crippen molar-refractivity contribution in [2.75, 3.05) is 6.54 Å². The van der Waals surface area contributed by atoms with Crippen LogP contribution >= 0.6 is 11.3 Å². The second kappa shape index (κ2) is 6.34. The van der Waals surface area contributed by atoms with Crippen LogP contribution in [0.15, 0.2) is 17.5 Å². The molecule has 3 nitrogen and oxygen atoms in total. The van der Waals surface area contributed by atoms with Crippen LogP contribution in [0.5, 0.6) is 0 Å². The van der Waals surface area contributed by atoms with Crippen LogP contribution in [0.25, 0.3) is 0 Å². The summed E-state index contributed by atoms with van der Waals surface area (Å²) < 4.78 is 0. The summed E-state index contributed by atoms with van der Waals surface area (Å²) in [5.41, 5.74) is -0.987. The Hall–Kier alpha value is -0.870. The monoisotopic (exact) mass is 269 g/mol. The first-order chi connectivity index (χ1) is 8.38. The Kier molecular flexibility index (Phi) is 5.35. The lowest BCUT2D eigenvalue weighted by Gasteiger charge is -2.24. The van der Waals surface area contributed by atoms with Crippen molar-refractivity contribution >= 4 is 17.2 Å². The van der Waals surface area contributed by atoms with Gasteiger partial charge in [-0.3, -0.25) is 4.79 Å². The van der Waals surface area contributed by atoms with Crippen molar-refractivity contribution in [1.29, 1.82) is 0 Å². The first-order valence-corrected chi connectivity index (χ1v) is 7.30. The second-order valence-electron chi connectivity index (χ2n) is 5.14. The second-order valence-corrected chi connectivity index (χ2v) is 6.09. The number of hydrogen-bond donors (Lipinski definition) is 2. The average molecular weight is 269 g/mol. The van der Waals surface area contributed by atoms with Crippen LogP contribution in [-0.2, 0) is 10.4 Å². The Morgan fingerprint density at radius 2 is 2.22 bits per heavy atom. The molecule has 3 atom stereocenters. The summed E-state index contributed by atoms with van der Waals surface area (Å²) in [4.78, 5) is 12.8. The summed E-state index contributed by atoms with van der Waals surface area (Å²) in [6.45, 7) is 8.07. The molecule has 0 saturated carbocycles. The number of carbonyl (C=O) groups excluding carboxylic acids is 1. The van der Waals surface area contributed by atoms with Crippen LogP contribution in [0.4, 0.5) is 0 Å². The standard InChI is InChI=1S/C14H23NO2S/c1-5-10(2)11(3)13(16)15-9-14(4,17)12-7-6-8-18-12/h6-8,10-11,17H,5,9H2,1-4H3,(H,15,16). The summed E-state index contributed by atoms with van der Waals surface area (Å²) >= 11 is 1.50. The van der Waals surface area contributed by atoms with Gasteiger partial charge >= 0.3 is 0 Å². The van der Waals surface area contributed by atoms with Crippen LogP contribution in [0.1, 0.15) is 39.0 Å². The van der Waals surface area contributed by atoms with Gasteiger partial charge in [0, 0.05) is 10.8 Å². The van der Waals surface area contributed by atoms with Crippen LogP contribution in [-0.4, -0.2) is 17.6 Å². The van der Waals surface area contributed by atoms with Gasteiger partial charge in [0.25, 0.3) is 0 Å². The van der Waals surface area contributed by atoms with Gasteiger partial charge in [-0.25, -0.2) is 0 Å². The Morgan fingerprint density at radius 3 is 2.72 bits per heavy atom. The highest BCUT2D eigenvalue weighted by Crippen LogP contribution is 2.24. The number of rotatable bonds is 6. The van der Waals surface area contributed by atoms with Gasteiger partial charge in [-0.2, -0.15) is 0 Å². The fraction of sp³-hybridized carbons (Fsp3) is 0.643. The van der Waals surface area contributed by atoms with Gasteiger partial charge in [0.2, 0.25) is 5.91 Å². The van der Waals surface area contributed by atoms with Gasteiger partial charge in [-0.05, 0) is 24.3 Å². The van der Waals surface area contributed by atoms with Gasteiger partial charge in [-0.15, -0.1) is 11.3 Å². The molecule has 1 aromatic heterocycles. The third-order valence-corrected chi connectivity index (χ3v) is 4.69. The maximum atomic E-state index is 11.9. The van der Waals surface area contributed by atoms with E-state index in [1.54, 1.807) is 6.92 Å². The zero-order chi connectivity index (χ0) is 13.8. The van der Waals surface area contributed by atoms with Crippen molar-refractivity contribution < 1.29 is 9.90 Å². The molecule has 0 radical (unpaired) electrons. The van der Waals surface area contributed by atoms with Crippen molar-refractivity contribution in [2.24, 2.45) is 11.8 Å². The fourth-order valence-electron chi connectivity index (χ4n) is 1.70. The third-order valence-electron chi connectivity index (χ3n) is 3.57. The highest BCUT2D eigenvalue weighted by atomic mass is 32.1. The molecular formula is C14H23NO2S. The van der Waals surface area contributed by atoms with Crippen molar-refractivity contribution in [2.45, 2.75) is 39.7 Å². The lowest BCUT2D eigenvalue weighted by atomic mass is 9.92. The fourth-order valence-corrected chi connectivity index (χ4v) is 2.49. The van der Waals surface area contributed by atoms with E-state index in [-0.39, 0.29) is 18.4 Å². The van der Waals surface area contributed by atoms with E-state index < -0.39 is 5.60 Å². The summed E-state index contributed by atoms with van der Waals surface area (Å²) in [6, 6.07) is 3.78. The van der Waals surface area contributed by atoms with Gasteiger partial charge in [-0.1, -0.05) is 33.3 Å². The van der Waals surface area contributed by atoms with E-state index in [0.29, 0.717) is 5.92 Å². The minimum atomic E-state index is -0.987. The lowest BCUT2D eigenvalue weighted by molar-refractivity contribution is -0.127. The molecule has 0 spiro atoms. The molecule has 1 heterocycles. The largest absolute Gasteiger partial charge is 0.383 e. The predicted octanol–water partition coefficient (Wildman–Crippen LogP) is 2.75. The highest BCUT2D eigenvalue weighted by Gasteiger charge is 2.26. The van der Waals surface area contributed by atoms with E-state index in [1.165, 1.54) is 11.3 Å². The van der Waals surface area contributed by atoms with Crippen LogP contribution < -0.4 is 5.32 Å². The van der Waals surface area contributed by atoms with Crippen molar-refractivity contribution in [3.8, 4) is 0 Å². The molecule has 0 saturated heterocycles. The SMILES string of the molecule is CCC(C)C(C)C(=O)NCC(C)(O)c1cccs1. The quantitative estimate of drug-likeness (QED) is 0.834. The Morgan fingerprint density at radius 1 is 1.56 bits per heavy atom. The van der Waals surface area contributed by atoms with Crippen LogP contribution in [0.3, 0.4) is 0 Å². The van der Waals surface area contributed by atoms with Crippen molar-refractivity contribution in [1.82, 2.24) is 5.32 Å². The highest BCUT2D eigenvalue weighted by molar-refractivity contribution is 7.10. The molecule has 0 aliphatic carbocycles. The van der Waals surface area contributed by atoms with Gasteiger partial charge in [0.15, 0.2) is 0 Å². The van der Waals surface area contributed by atoms with Crippen molar-refractivity contribution in [3.05, 3.63) is 22.4 Å². The number of thiophene rings is 1. The number of carbonyl (C=O) groups is 1. The molecule has 0 fully saturated rings. The van der Waals surface area contributed by atoms with Crippen LogP contribution in [0, 0.1) is 11.8 Å². The molecule has 0 aromatic carbocycles. The molecule has 0 bridgehead atoms. The minimum absolute atomic E-state index is 0.0150. The van der Waals surface area contributed by atoms with Crippen LogP contribution in [0.2, 0.25) is 0 Å². The first kappa shape index (κ1) is 15.2. The van der Waals surface area contributed by atoms with Crippen molar-refractivity contribution in [3.63, 3.8) is 0 Å². The summed E-state index contributed by atoms with van der Waals surface area (Å²) in [7, 11) is 0. The maximum absolute atomic E-state index is 11.9. The molecular weight excluding hydrogens is 246 g/mol. The number of aliphatic hydroxyl groups is 1. The van der Waals surface area contributed by atoms with Gasteiger partial charge < -0.3 is 10.4 Å². The topological polar surface area (TPSA) is 49.3 Å². The number of hydrogen-bond acceptors (Lipinski definition) is 3. The van der Waals surface area contributed by atoms with E-state index in [1.807, 2.05) is 24.4 Å². The molecule has 1 aromatic rings. The molecule has 0 aliphatic heterocycles. The van der Waals surface area contributed by atoms with E-state index in [0.717, 1.165) is 11.3 Å². The molecule has 4 heteroatoms. The zero-order valence-electron chi connectivity index (χ0n) is 11.6. The lowest BCUT2D eigenvalue weighted by Crippen LogP contribution is -2.41.